The van der Waals surface area contributed by atoms with E-state index < -0.39 is 0 Å². The lowest BCUT2D eigenvalue weighted by molar-refractivity contribution is -0.121. The highest BCUT2D eigenvalue weighted by Crippen LogP contribution is 2.29. The molecule has 2 aromatic carbocycles. The van der Waals surface area contributed by atoms with Crippen molar-refractivity contribution in [2.24, 2.45) is 0 Å². The molecule has 3 rings (SSSR count). The largest absolute Gasteiger partial charge is 0.486 e. The third-order valence-electron chi connectivity index (χ3n) is 5.08. The Hall–Kier alpha value is -2.66. The highest BCUT2D eigenvalue weighted by atomic mass is 16.5. The molecule has 5 heteroatoms. The number of fused-ring (bicyclic) bond motifs is 1. The molecule has 0 bridgehead atoms. The summed E-state index contributed by atoms with van der Waals surface area (Å²) in [6.45, 7) is 6.99. The Morgan fingerprint density at radius 3 is 2.47 bits per heavy atom. The summed E-state index contributed by atoms with van der Waals surface area (Å²) in [6.07, 6.45) is 4.08. The lowest BCUT2D eigenvalue weighted by atomic mass is 9.87. The number of carbonyl (C=O) groups is 2. The predicted molar refractivity (Wildman–Crippen MR) is 121 cm³/mol. The fraction of sp³-hybridized carbons (Fsp3) is 0.440. The first kappa shape index (κ1) is 23.6. The molecule has 0 aliphatic heterocycles. The molecule has 0 heterocycles. The van der Waals surface area contributed by atoms with Crippen LogP contribution in [0.1, 0.15) is 56.3 Å². The van der Waals surface area contributed by atoms with Gasteiger partial charge in [0.1, 0.15) is 12.4 Å². The number of hydrogen-bond donors (Lipinski definition) is 2. The van der Waals surface area contributed by atoms with Gasteiger partial charge in [-0.15, -0.1) is 0 Å². The average molecular weight is 411 g/mol. The normalized spacial score (nSPS) is 15.3. The quantitative estimate of drug-likeness (QED) is 0.708. The van der Waals surface area contributed by atoms with Gasteiger partial charge in [-0.05, 0) is 60.5 Å². The zero-order valence-electron chi connectivity index (χ0n) is 18.5. The Balaban J connectivity index is 0.000000216. The monoisotopic (exact) mass is 410 g/mol. The minimum Gasteiger partial charge on any atom is -0.486 e. The van der Waals surface area contributed by atoms with Crippen LogP contribution in [0.4, 0.5) is 0 Å². The van der Waals surface area contributed by atoms with Crippen molar-refractivity contribution in [3.63, 3.8) is 0 Å². The first-order valence-corrected chi connectivity index (χ1v) is 10.5. The van der Waals surface area contributed by atoms with Crippen LogP contribution in [0.15, 0.2) is 48.5 Å². The summed E-state index contributed by atoms with van der Waals surface area (Å²) in [6, 6.07) is 16.4. The minimum absolute atomic E-state index is 0.0733. The fourth-order valence-corrected chi connectivity index (χ4v) is 3.49. The molecule has 30 heavy (non-hydrogen) atoms. The van der Waals surface area contributed by atoms with Crippen LogP contribution >= 0.6 is 0 Å². The summed E-state index contributed by atoms with van der Waals surface area (Å²) in [7, 11) is 1.79. The maximum atomic E-state index is 11.5. The molecule has 0 radical (unpaired) electrons. The summed E-state index contributed by atoms with van der Waals surface area (Å²) in [5, 5.41) is 5.94. The molecule has 1 atom stereocenters. The topological polar surface area (TPSA) is 67.4 Å². The van der Waals surface area contributed by atoms with E-state index in [0.717, 1.165) is 31.3 Å². The van der Waals surface area contributed by atoms with Crippen molar-refractivity contribution in [3.8, 4) is 5.75 Å². The summed E-state index contributed by atoms with van der Waals surface area (Å²) in [5.41, 5.74) is 4.08. The zero-order valence-corrected chi connectivity index (χ0v) is 18.5. The summed E-state index contributed by atoms with van der Waals surface area (Å²) in [5.74, 6) is 0.814. The van der Waals surface area contributed by atoms with Crippen LogP contribution in [-0.4, -0.2) is 32.4 Å². The maximum Gasteiger partial charge on any atom is 0.234 e. The van der Waals surface area contributed by atoms with E-state index in [1.165, 1.54) is 16.7 Å². The number of ether oxygens (including phenoxy) is 1. The number of likely N-dealkylation sites (N-methyl/N-ethyl adjacent to an activating group) is 1. The van der Waals surface area contributed by atoms with Gasteiger partial charge in [0, 0.05) is 0 Å². The van der Waals surface area contributed by atoms with Crippen molar-refractivity contribution in [1.82, 2.24) is 10.6 Å². The van der Waals surface area contributed by atoms with Gasteiger partial charge < -0.3 is 15.4 Å². The number of carbonyl (C=O) groups excluding carboxylic acids is 2. The van der Waals surface area contributed by atoms with E-state index in [1.54, 1.807) is 7.05 Å². The van der Waals surface area contributed by atoms with Crippen LogP contribution in [0.2, 0.25) is 0 Å². The first-order chi connectivity index (χ1) is 14.3. The predicted octanol–water partition coefficient (Wildman–Crippen LogP) is 3.96. The van der Waals surface area contributed by atoms with E-state index in [2.05, 4.69) is 49.6 Å². The second-order valence-electron chi connectivity index (χ2n) is 8.49. The van der Waals surface area contributed by atoms with Gasteiger partial charge in [-0.1, -0.05) is 57.2 Å². The molecule has 1 aliphatic rings. The molecule has 0 saturated carbocycles. The Kier molecular flexibility index (Phi) is 9.06. The Labute approximate surface area is 180 Å². The molecular formula is C25H34N2O3. The Morgan fingerprint density at radius 2 is 1.83 bits per heavy atom. The van der Waals surface area contributed by atoms with E-state index in [9.17, 15) is 9.59 Å². The molecule has 0 spiro atoms. The number of aldehydes is 1. The second kappa shape index (κ2) is 11.5. The number of benzene rings is 2. The number of hydrogen-bond acceptors (Lipinski definition) is 4. The Bertz CT molecular complexity index is 810. The highest BCUT2D eigenvalue weighted by Gasteiger charge is 2.20. The zero-order chi connectivity index (χ0) is 22.0. The van der Waals surface area contributed by atoms with Gasteiger partial charge in [0.05, 0.1) is 12.6 Å². The first-order valence-electron chi connectivity index (χ1n) is 10.5. The molecule has 2 aromatic rings. The van der Waals surface area contributed by atoms with E-state index in [-0.39, 0.29) is 24.0 Å². The maximum absolute atomic E-state index is 11.5. The standard InChI is InChI=1S/C13H18N2O.C12H16O2/c1-14-9-13(16)15-12-8-4-6-10-5-2-3-7-11(10)12;1-12(2,3)10-4-6-11(7-5-10)14-9-8-13/h2-3,5,7,12,14H,4,6,8-9H2,1H3,(H,15,16);4-8H,9H2,1-3H3. The van der Waals surface area contributed by atoms with Gasteiger partial charge in [0.25, 0.3) is 0 Å². The minimum atomic E-state index is 0.0733. The summed E-state index contributed by atoms with van der Waals surface area (Å²) < 4.78 is 5.15. The van der Waals surface area contributed by atoms with Crippen molar-refractivity contribution < 1.29 is 14.3 Å². The van der Waals surface area contributed by atoms with Crippen LogP contribution < -0.4 is 15.4 Å². The van der Waals surface area contributed by atoms with Crippen molar-refractivity contribution in [2.75, 3.05) is 20.2 Å². The van der Waals surface area contributed by atoms with Crippen LogP contribution in [-0.2, 0) is 21.4 Å². The number of rotatable bonds is 6. The van der Waals surface area contributed by atoms with Gasteiger partial charge >= 0.3 is 0 Å². The molecule has 1 aliphatic carbocycles. The SMILES string of the molecule is CC(C)(C)c1ccc(OCC=O)cc1.CNCC(=O)NC1CCCc2ccccc21. The molecule has 0 fully saturated rings. The smallest absolute Gasteiger partial charge is 0.234 e. The molecule has 1 unspecified atom stereocenters. The van der Waals surface area contributed by atoms with Gasteiger partial charge in [-0.2, -0.15) is 0 Å². The number of amides is 1. The van der Waals surface area contributed by atoms with Crippen LogP contribution in [0.3, 0.4) is 0 Å². The third kappa shape index (κ3) is 7.30. The van der Waals surface area contributed by atoms with Crippen molar-refractivity contribution >= 4 is 12.2 Å². The van der Waals surface area contributed by atoms with Crippen LogP contribution in [0, 0.1) is 0 Å². The Morgan fingerprint density at radius 1 is 1.13 bits per heavy atom. The molecular weight excluding hydrogens is 376 g/mol. The molecule has 1 amide bonds. The summed E-state index contributed by atoms with van der Waals surface area (Å²) in [4.78, 5) is 21.6. The van der Waals surface area contributed by atoms with Crippen molar-refractivity contribution in [2.45, 2.75) is 51.5 Å². The van der Waals surface area contributed by atoms with E-state index in [4.69, 9.17) is 4.74 Å². The van der Waals surface area contributed by atoms with E-state index in [1.807, 2.05) is 30.3 Å². The molecule has 0 aromatic heterocycles. The van der Waals surface area contributed by atoms with E-state index in [0.29, 0.717) is 6.54 Å². The van der Waals surface area contributed by atoms with Gasteiger partial charge in [0.15, 0.2) is 6.29 Å². The van der Waals surface area contributed by atoms with Crippen LogP contribution in [0.25, 0.3) is 0 Å². The highest BCUT2D eigenvalue weighted by molar-refractivity contribution is 5.78. The lowest BCUT2D eigenvalue weighted by Crippen LogP contribution is -2.36. The van der Waals surface area contributed by atoms with Crippen molar-refractivity contribution in [3.05, 3.63) is 65.2 Å². The van der Waals surface area contributed by atoms with E-state index >= 15 is 0 Å². The average Bonchev–Trinajstić information content (AvgIpc) is 2.73. The lowest BCUT2D eigenvalue weighted by Gasteiger charge is -2.26. The fourth-order valence-electron chi connectivity index (χ4n) is 3.49. The van der Waals surface area contributed by atoms with Crippen LogP contribution in [0.5, 0.6) is 5.75 Å². The molecule has 0 saturated heterocycles. The second-order valence-corrected chi connectivity index (χ2v) is 8.49. The summed E-state index contributed by atoms with van der Waals surface area (Å²) >= 11 is 0. The van der Waals surface area contributed by atoms with Crippen molar-refractivity contribution in [1.29, 1.82) is 0 Å². The van der Waals surface area contributed by atoms with Gasteiger partial charge in [-0.25, -0.2) is 0 Å². The van der Waals surface area contributed by atoms with Gasteiger partial charge in [-0.3, -0.25) is 9.59 Å². The number of nitrogens with one attached hydrogen (secondary N) is 2. The molecule has 2 N–H and O–H groups in total. The molecule has 5 nitrogen and oxygen atoms in total. The number of aryl methyl sites for hydroxylation is 1. The van der Waals surface area contributed by atoms with Gasteiger partial charge in [0.2, 0.25) is 5.91 Å². The third-order valence-corrected chi connectivity index (χ3v) is 5.08. The molecule has 162 valence electrons.